The average molecular weight is 152 g/mol. The molecule has 0 saturated heterocycles. The zero-order chi connectivity index (χ0) is 8.53. The quantitative estimate of drug-likeness (QED) is 0.553. The van der Waals surface area contributed by atoms with Crippen LogP contribution in [0.4, 0.5) is 0 Å². The van der Waals surface area contributed by atoms with Crippen molar-refractivity contribution in [1.29, 1.82) is 0 Å². The molecule has 0 radical (unpaired) electrons. The normalized spacial score (nSPS) is 11.2. The Kier molecular flexibility index (Phi) is 6.59. The Morgan fingerprint density at radius 3 is 2.55 bits per heavy atom. The molecular formula is C9H16N2. The van der Waals surface area contributed by atoms with Crippen molar-refractivity contribution in [3.05, 3.63) is 12.4 Å². The smallest absolute Gasteiger partial charge is 0.0449 e. The summed E-state index contributed by atoms with van der Waals surface area (Å²) in [6.45, 7) is 6.05. The van der Waals surface area contributed by atoms with E-state index in [1.165, 1.54) is 0 Å². The second-order valence-corrected chi connectivity index (χ2v) is 2.49. The molecule has 0 aliphatic heterocycles. The van der Waals surface area contributed by atoms with E-state index in [9.17, 15) is 0 Å². The van der Waals surface area contributed by atoms with Crippen LogP contribution in [0.5, 0.6) is 0 Å². The van der Waals surface area contributed by atoms with Crippen molar-refractivity contribution in [2.24, 2.45) is 9.98 Å². The summed E-state index contributed by atoms with van der Waals surface area (Å²) in [5.74, 6) is 0. The maximum atomic E-state index is 4.04. The fourth-order valence-electron chi connectivity index (χ4n) is 0.485. The Labute approximate surface area is 68.8 Å². The summed E-state index contributed by atoms with van der Waals surface area (Å²) in [6, 6.07) is 0. The second kappa shape index (κ2) is 7.19. The van der Waals surface area contributed by atoms with Crippen LogP contribution < -0.4 is 0 Å². The van der Waals surface area contributed by atoms with E-state index in [-0.39, 0.29) is 0 Å². The molecule has 0 amide bonds. The van der Waals surface area contributed by atoms with Gasteiger partial charge in [0.05, 0.1) is 0 Å². The first-order valence-corrected chi connectivity index (χ1v) is 3.95. The van der Waals surface area contributed by atoms with Gasteiger partial charge >= 0.3 is 0 Å². The minimum Gasteiger partial charge on any atom is -0.267 e. The maximum Gasteiger partial charge on any atom is 0.0449 e. The third kappa shape index (κ3) is 9.08. The van der Waals surface area contributed by atoms with E-state index in [4.69, 9.17) is 0 Å². The molecule has 0 aliphatic rings. The summed E-state index contributed by atoms with van der Waals surface area (Å²) in [6.07, 6.45) is 7.51. The number of rotatable bonds is 4. The topological polar surface area (TPSA) is 24.7 Å². The van der Waals surface area contributed by atoms with Crippen molar-refractivity contribution in [1.82, 2.24) is 0 Å². The molecule has 0 heterocycles. The van der Waals surface area contributed by atoms with Gasteiger partial charge in [-0.1, -0.05) is 13.3 Å². The van der Waals surface area contributed by atoms with Crippen LogP contribution in [0.2, 0.25) is 0 Å². The summed E-state index contributed by atoms with van der Waals surface area (Å²) in [7, 11) is 0. The zero-order valence-electron chi connectivity index (χ0n) is 7.54. The highest BCUT2D eigenvalue weighted by atomic mass is 14.7. The number of aliphatic imine (C=N–C) groups is 2. The van der Waals surface area contributed by atoms with Gasteiger partial charge in [-0.15, -0.1) is 0 Å². The molecule has 0 aromatic heterocycles. The van der Waals surface area contributed by atoms with Crippen LogP contribution in [-0.4, -0.2) is 11.9 Å². The van der Waals surface area contributed by atoms with E-state index in [2.05, 4.69) is 16.9 Å². The highest BCUT2D eigenvalue weighted by molar-refractivity contribution is 5.79. The molecule has 0 rings (SSSR count). The lowest BCUT2D eigenvalue weighted by Crippen LogP contribution is -1.75. The molecule has 0 bridgehead atoms. The molecule has 0 aliphatic carbocycles. The van der Waals surface area contributed by atoms with Gasteiger partial charge in [-0.2, -0.15) is 0 Å². The van der Waals surface area contributed by atoms with Crippen molar-refractivity contribution in [3.63, 3.8) is 0 Å². The summed E-state index contributed by atoms with van der Waals surface area (Å²) < 4.78 is 0. The van der Waals surface area contributed by atoms with E-state index in [1.807, 2.05) is 20.1 Å². The largest absolute Gasteiger partial charge is 0.267 e. The fourth-order valence-corrected chi connectivity index (χ4v) is 0.485. The van der Waals surface area contributed by atoms with Gasteiger partial charge in [0.15, 0.2) is 0 Å². The van der Waals surface area contributed by atoms with Crippen LogP contribution in [0, 0.1) is 0 Å². The lowest BCUT2D eigenvalue weighted by atomic mass is 10.4. The Balaban J connectivity index is 3.52. The van der Waals surface area contributed by atoms with Crippen molar-refractivity contribution >= 4 is 11.9 Å². The van der Waals surface area contributed by atoms with Crippen LogP contribution in [0.25, 0.3) is 0 Å². The van der Waals surface area contributed by atoms with Gasteiger partial charge < -0.3 is 0 Å². The fraction of sp³-hybridized carbons (Fsp3) is 0.556. The zero-order valence-corrected chi connectivity index (χ0v) is 7.54. The van der Waals surface area contributed by atoms with E-state index < -0.39 is 0 Å². The Bertz CT molecular complexity index is 162. The second-order valence-electron chi connectivity index (χ2n) is 2.49. The maximum absolute atomic E-state index is 4.04. The Morgan fingerprint density at radius 2 is 2.00 bits per heavy atom. The van der Waals surface area contributed by atoms with Crippen molar-refractivity contribution in [2.75, 3.05) is 0 Å². The van der Waals surface area contributed by atoms with Gasteiger partial charge in [-0.05, 0) is 20.3 Å². The molecule has 62 valence electrons. The highest BCUT2D eigenvalue weighted by Gasteiger charge is 1.71. The predicted molar refractivity (Wildman–Crippen MR) is 51.3 cm³/mol. The Hall–Kier alpha value is -0.920. The number of hydrogen-bond acceptors (Lipinski definition) is 2. The lowest BCUT2D eigenvalue weighted by Gasteiger charge is -1.81. The monoisotopic (exact) mass is 152 g/mol. The summed E-state index contributed by atoms with van der Waals surface area (Å²) in [4.78, 5) is 8.06. The highest BCUT2D eigenvalue weighted by Crippen LogP contribution is 1.83. The summed E-state index contributed by atoms with van der Waals surface area (Å²) >= 11 is 0. The molecule has 0 atom stereocenters. The summed E-state index contributed by atoms with van der Waals surface area (Å²) in [5.41, 5.74) is 1.05. The molecular weight excluding hydrogens is 136 g/mol. The molecule has 0 N–H and O–H groups in total. The lowest BCUT2D eigenvalue weighted by molar-refractivity contribution is 1.01. The van der Waals surface area contributed by atoms with Crippen molar-refractivity contribution in [2.45, 2.75) is 33.6 Å². The van der Waals surface area contributed by atoms with Crippen LogP contribution in [-0.2, 0) is 0 Å². The van der Waals surface area contributed by atoms with Crippen LogP contribution in [0.15, 0.2) is 22.4 Å². The van der Waals surface area contributed by atoms with Gasteiger partial charge in [0, 0.05) is 24.3 Å². The molecule has 0 spiro atoms. The minimum absolute atomic E-state index is 1.04. The van der Waals surface area contributed by atoms with E-state index in [1.54, 1.807) is 12.4 Å². The molecule has 0 aromatic rings. The van der Waals surface area contributed by atoms with Gasteiger partial charge in [0.1, 0.15) is 0 Å². The van der Waals surface area contributed by atoms with Crippen LogP contribution in [0.1, 0.15) is 33.6 Å². The molecule has 2 nitrogen and oxygen atoms in total. The van der Waals surface area contributed by atoms with E-state index in [0.717, 1.165) is 18.6 Å². The predicted octanol–water partition coefficient (Wildman–Crippen LogP) is 2.81. The van der Waals surface area contributed by atoms with Gasteiger partial charge in [0.25, 0.3) is 0 Å². The minimum atomic E-state index is 1.04. The van der Waals surface area contributed by atoms with Gasteiger partial charge in [-0.3, -0.25) is 9.98 Å². The first-order valence-electron chi connectivity index (χ1n) is 3.95. The summed E-state index contributed by atoms with van der Waals surface area (Å²) in [5, 5.41) is 0. The molecule has 11 heavy (non-hydrogen) atoms. The third-order valence-corrected chi connectivity index (χ3v) is 1.01. The van der Waals surface area contributed by atoms with Gasteiger partial charge in [-0.25, -0.2) is 0 Å². The average Bonchev–Trinajstić information content (AvgIpc) is 1.96. The van der Waals surface area contributed by atoms with Crippen molar-refractivity contribution < 1.29 is 0 Å². The number of hydrogen-bond donors (Lipinski definition) is 0. The van der Waals surface area contributed by atoms with E-state index >= 15 is 0 Å². The van der Waals surface area contributed by atoms with Gasteiger partial charge in [0.2, 0.25) is 0 Å². The number of unbranched alkanes of at least 4 members (excludes halogenated alkanes) is 1. The third-order valence-electron chi connectivity index (χ3n) is 1.01. The van der Waals surface area contributed by atoms with E-state index in [0.29, 0.717) is 0 Å². The molecule has 0 aromatic carbocycles. The standard InChI is InChI=1S/C9H16N2/c1-4-5-6-10-7-8-11-9(2)3/h6-8H,4-5H2,1-3H3/b8-7-,10-6?. The molecule has 0 saturated carbocycles. The number of nitrogens with zero attached hydrogens (tertiary/aromatic N) is 2. The SMILES string of the molecule is CCCC=N/C=C\N=C(C)C. The first kappa shape index (κ1) is 10.1. The Morgan fingerprint density at radius 1 is 1.27 bits per heavy atom. The molecule has 0 fully saturated rings. The molecule has 2 heteroatoms. The van der Waals surface area contributed by atoms with Crippen molar-refractivity contribution in [3.8, 4) is 0 Å². The van der Waals surface area contributed by atoms with Crippen LogP contribution >= 0.6 is 0 Å². The first-order chi connectivity index (χ1) is 5.27. The van der Waals surface area contributed by atoms with Crippen LogP contribution in [0.3, 0.4) is 0 Å². The molecule has 0 unspecified atom stereocenters.